The lowest BCUT2D eigenvalue weighted by Gasteiger charge is -2.12. The molecule has 8 rings (SSSR count). The Bertz CT molecular complexity index is 2120. The van der Waals surface area contributed by atoms with Gasteiger partial charge in [-0.15, -0.1) is 11.3 Å². The maximum atomic E-state index is 5.13. The minimum Gasteiger partial charge on any atom is -0.292 e. The lowest BCUT2D eigenvalue weighted by Crippen LogP contribution is -1.97. The fourth-order valence-corrected chi connectivity index (χ4v) is 6.60. The maximum absolute atomic E-state index is 5.13. The molecule has 0 aliphatic heterocycles. The van der Waals surface area contributed by atoms with E-state index in [-0.39, 0.29) is 0 Å². The van der Waals surface area contributed by atoms with Crippen molar-refractivity contribution in [2.75, 3.05) is 0 Å². The van der Waals surface area contributed by atoms with Gasteiger partial charge in [-0.25, -0.2) is 9.97 Å². The minimum absolute atomic E-state index is 0.945. The second-order valence-corrected chi connectivity index (χ2v) is 10.5. The number of rotatable bonds is 3. The van der Waals surface area contributed by atoms with Crippen molar-refractivity contribution >= 4 is 54.1 Å². The van der Waals surface area contributed by atoms with Crippen molar-refractivity contribution < 1.29 is 0 Å². The van der Waals surface area contributed by atoms with Crippen LogP contribution in [0.5, 0.6) is 0 Å². The lowest BCUT2D eigenvalue weighted by molar-refractivity contribution is 1.11. The van der Waals surface area contributed by atoms with Gasteiger partial charge in [0.25, 0.3) is 0 Å². The number of aromatic nitrogens is 3. The minimum atomic E-state index is 0.945. The molecule has 0 saturated carbocycles. The highest BCUT2D eigenvalue weighted by Crippen LogP contribution is 2.41. The third kappa shape index (κ3) is 3.21. The standard InChI is InChI=1S/C34H21N3S/c1-3-11-22(12-4-1)33-35-29-17-9-10-18-30(29)37(33)24-19-20-27-28(21-24)25-15-7-8-16-26(25)31-32(27)38-34(36-31)23-13-5-2-6-14-23/h1-21H. The summed E-state index contributed by atoms with van der Waals surface area (Å²) >= 11 is 1.77. The number of imidazole rings is 1. The van der Waals surface area contributed by atoms with Gasteiger partial charge in [-0.3, -0.25) is 4.57 Å². The average molecular weight is 504 g/mol. The Labute approximate surface area is 223 Å². The van der Waals surface area contributed by atoms with Crippen LogP contribution in [0.25, 0.3) is 70.4 Å². The summed E-state index contributed by atoms with van der Waals surface area (Å²) in [5.41, 5.74) is 6.51. The monoisotopic (exact) mass is 503 g/mol. The summed E-state index contributed by atoms with van der Waals surface area (Å²) in [5, 5.41) is 5.91. The number of hydrogen-bond acceptors (Lipinski definition) is 3. The van der Waals surface area contributed by atoms with Crippen molar-refractivity contribution in [1.29, 1.82) is 0 Å². The van der Waals surface area contributed by atoms with Gasteiger partial charge >= 0.3 is 0 Å². The summed E-state index contributed by atoms with van der Waals surface area (Å²) in [6, 6.07) is 44.7. The number of para-hydroxylation sites is 2. The molecule has 0 bridgehead atoms. The summed E-state index contributed by atoms with van der Waals surface area (Å²) in [6.45, 7) is 0. The van der Waals surface area contributed by atoms with E-state index in [1.54, 1.807) is 11.3 Å². The Morgan fingerprint density at radius 1 is 0.526 bits per heavy atom. The summed E-state index contributed by atoms with van der Waals surface area (Å²) in [5.74, 6) is 0.945. The van der Waals surface area contributed by atoms with Crippen LogP contribution in [0.3, 0.4) is 0 Å². The molecule has 0 N–H and O–H groups in total. The van der Waals surface area contributed by atoms with Crippen LogP contribution in [-0.2, 0) is 0 Å². The highest BCUT2D eigenvalue weighted by molar-refractivity contribution is 7.22. The molecule has 178 valence electrons. The zero-order valence-electron chi connectivity index (χ0n) is 20.4. The highest BCUT2D eigenvalue weighted by atomic mass is 32.1. The number of fused-ring (bicyclic) bond motifs is 7. The molecule has 2 aromatic heterocycles. The third-order valence-corrected chi connectivity index (χ3v) is 8.36. The molecule has 3 nitrogen and oxygen atoms in total. The van der Waals surface area contributed by atoms with Gasteiger partial charge in [-0.2, -0.15) is 0 Å². The van der Waals surface area contributed by atoms with Crippen molar-refractivity contribution in [2.24, 2.45) is 0 Å². The van der Waals surface area contributed by atoms with E-state index in [0.29, 0.717) is 0 Å². The molecule has 0 spiro atoms. The zero-order valence-corrected chi connectivity index (χ0v) is 21.2. The van der Waals surface area contributed by atoms with Crippen LogP contribution in [0, 0.1) is 0 Å². The number of benzene rings is 6. The molecule has 0 aliphatic rings. The smallest absolute Gasteiger partial charge is 0.145 e. The SMILES string of the molecule is c1ccc(-c2nc3c4ccccc4c4cc(-n5c(-c6ccccc6)nc6ccccc65)ccc4c3s2)cc1. The van der Waals surface area contributed by atoms with Crippen molar-refractivity contribution in [2.45, 2.75) is 0 Å². The highest BCUT2D eigenvalue weighted by Gasteiger charge is 2.18. The van der Waals surface area contributed by atoms with Crippen LogP contribution in [0.1, 0.15) is 0 Å². The molecule has 0 atom stereocenters. The predicted molar refractivity (Wildman–Crippen MR) is 160 cm³/mol. The van der Waals surface area contributed by atoms with Crippen molar-refractivity contribution in [3.8, 4) is 27.6 Å². The van der Waals surface area contributed by atoms with Gasteiger partial charge < -0.3 is 0 Å². The molecule has 2 heterocycles. The zero-order chi connectivity index (χ0) is 25.1. The Hall–Kier alpha value is -4.80. The van der Waals surface area contributed by atoms with E-state index in [9.17, 15) is 0 Å². The number of hydrogen-bond donors (Lipinski definition) is 0. The van der Waals surface area contributed by atoms with E-state index >= 15 is 0 Å². The summed E-state index contributed by atoms with van der Waals surface area (Å²) in [6.07, 6.45) is 0. The van der Waals surface area contributed by atoms with Crippen LogP contribution in [0.4, 0.5) is 0 Å². The van der Waals surface area contributed by atoms with Gasteiger partial charge in [0.2, 0.25) is 0 Å². The van der Waals surface area contributed by atoms with Gasteiger partial charge in [0, 0.05) is 27.6 Å². The van der Waals surface area contributed by atoms with Crippen molar-refractivity contribution in [1.82, 2.24) is 14.5 Å². The van der Waals surface area contributed by atoms with Gasteiger partial charge in [0.05, 0.1) is 21.3 Å². The van der Waals surface area contributed by atoms with Gasteiger partial charge in [0.1, 0.15) is 10.8 Å². The van der Waals surface area contributed by atoms with Crippen LogP contribution in [0.2, 0.25) is 0 Å². The topological polar surface area (TPSA) is 30.7 Å². The van der Waals surface area contributed by atoms with E-state index in [4.69, 9.17) is 9.97 Å². The molecule has 38 heavy (non-hydrogen) atoms. The first kappa shape index (κ1) is 21.3. The third-order valence-electron chi connectivity index (χ3n) is 7.22. The number of thiazole rings is 1. The Balaban J connectivity index is 1.44. The van der Waals surface area contributed by atoms with E-state index in [2.05, 4.69) is 114 Å². The molecule has 0 saturated heterocycles. The molecule has 0 fully saturated rings. The van der Waals surface area contributed by atoms with Crippen LogP contribution < -0.4 is 0 Å². The van der Waals surface area contributed by atoms with E-state index in [1.165, 1.54) is 26.2 Å². The largest absolute Gasteiger partial charge is 0.292 e. The summed E-state index contributed by atoms with van der Waals surface area (Å²) in [7, 11) is 0. The Morgan fingerprint density at radius 2 is 1.21 bits per heavy atom. The first-order valence-electron chi connectivity index (χ1n) is 12.7. The first-order chi connectivity index (χ1) is 18.8. The fraction of sp³-hybridized carbons (Fsp3) is 0. The van der Waals surface area contributed by atoms with Gasteiger partial charge in [-0.1, -0.05) is 103 Å². The normalized spacial score (nSPS) is 11.7. The second-order valence-electron chi connectivity index (χ2n) is 9.46. The average Bonchev–Trinajstić information content (AvgIpc) is 3.61. The quantitative estimate of drug-likeness (QED) is 0.225. The predicted octanol–water partition coefficient (Wildman–Crippen LogP) is 9.28. The molecule has 6 aromatic carbocycles. The summed E-state index contributed by atoms with van der Waals surface area (Å²) < 4.78 is 3.51. The summed E-state index contributed by atoms with van der Waals surface area (Å²) in [4.78, 5) is 10.2. The lowest BCUT2D eigenvalue weighted by atomic mass is 10.00. The molecule has 0 amide bonds. The van der Waals surface area contributed by atoms with E-state index in [1.807, 2.05) is 18.2 Å². The molecule has 4 heteroatoms. The Morgan fingerprint density at radius 3 is 2.03 bits per heavy atom. The molecule has 0 aliphatic carbocycles. The van der Waals surface area contributed by atoms with Crippen molar-refractivity contribution in [3.63, 3.8) is 0 Å². The fourth-order valence-electron chi connectivity index (χ4n) is 5.47. The van der Waals surface area contributed by atoms with E-state index in [0.717, 1.165) is 44.2 Å². The second kappa shape index (κ2) is 8.37. The molecular formula is C34H21N3S. The van der Waals surface area contributed by atoms with Gasteiger partial charge in [-0.05, 0) is 35.0 Å². The van der Waals surface area contributed by atoms with Crippen molar-refractivity contribution in [3.05, 3.63) is 127 Å². The molecular weight excluding hydrogens is 482 g/mol. The molecule has 8 aromatic rings. The number of nitrogens with zero attached hydrogens (tertiary/aromatic N) is 3. The maximum Gasteiger partial charge on any atom is 0.145 e. The van der Waals surface area contributed by atoms with Crippen LogP contribution >= 0.6 is 11.3 Å². The molecule has 0 radical (unpaired) electrons. The van der Waals surface area contributed by atoms with Crippen LogP contribution in [-0.4, -0.2) is 14.5 Å². The van der Waals surface area contributed by atoms with Gasteiger partial charge in [0.15, 0.2) is 0 Å². The Kier molecular flexibility index (Phi) is 4.69. The first-order valence-corrected chi connectivity index (χ1v) is 13.5. The van der Waals surface area contributed by atoms with Crippen LogP contribution in [0.15, 0.2) is 127 Å². The van der Waals surface area contributed by atoms with E-state index < -0.39 is 0 Å². The molecule has 0 unspecified atom stereocenters.